The molecule has 0 saturated heterocycles. The first kappa shape index (κ1) is 22.2. The summed E-state index contributed by atoms with van der Waals surface area (Å²) < 4.78 is 10.4. The second-order valence-corrected chi connectivity index (χ2v) is 9.44. The number of thioether (sulfide) groups is 2. The maximum Gasteiger partial charge on any atom is 0.170 e. The van der Waals surface area contributed by atoms with E-state index in [-0.39, 0.29) is 11.5 Å². The van der Waals surface area contributed by atoms with Crippen LogP contribution in [-0.2, 0) is 11.5 Å². The minimum atomic E-state index is 0.200. The molecule has 0 amide bonds. The van der Waals surface area contributed by atoms with Crippen molar-refractivity contribution in [2.24, 2.45) is 0 Å². The summed E-state index contributed by atoms with van der Waals surface area (Å²) >= 11 is 3.30. The second kappa shape index (κ2) is 10.1. The SMILES string of the molecule is Oc1c(CSc2ccccc2SCc2cccc(-c3ccno3)c2O)cccc1-c1ccno1. The van der Waals surface area contributed by atoms with Crippen molar-refractivity contribution in [1.82, 2.24) is 10.3 Å². The zero-order chi connectivity index (χ0) is 23.3. The van der Waals surface area contributed by atoms with Crippen molar-refractivity contribution in [2.45, 2.75) is 21.3 Å². The molecule has 3 aromatic carbocycles. The zero-order valence-electron chi connectivity index (χ0n) is 17.9. The zero-order valence-corrected chi connectivity index (χ0v) is 19.6. The Kier molecular flexibility index (Phi) is 6.60. The summed E-state index contributed by atoms with van der Waals surface area (Å²) in [6.07, 6.45) is 3.12. The third-order valence-electron chi connectivity index (χ3n) is 5.26. The van der Waals surface area contributed by atoms with Crippen LogP contribution in [0.1, 0.15) is 11.1 Å². The summed E-state index contributed by atoms with van der Waals surface area (Å²) in [6.45, 7) is 0. The van der Waals surface area contributed by atoms with E-state index in [0.717, 1.165) is 20.9 Å². The number of phenols is 2. The van der Waals surface area contributed by atoms with Gasteiger partial charge in [0.25, 0.3) is 0 Å². The molecule has 0 atom stereocenters. The highest BCUT2D eigenvalue weighted by Crippen LogP contribution is 2.40. The lowest BCUT2D eigenvalue weighted by atomic mass is 10.1. The fourth-order valence-corrected chi connectivity index (χ4v) is 5.73. The first-order valence-corrected chi connectivity index (χ1v) is 12.5. The quantitative estimate of drug-likeness (QED) is 0.226. The Hall–Kier alpha value is -3.62. The van der Waals surface area contributed by atoms with E-state index in [0.29, 0.717) is 34.2 Å². The van der Waals surface area contributed by atoms with Gasteiger partial charge in [-0.25, -0.2) is 0 Å². The molecule has 5 rings (SSSR count). The summed E-state index contributed by atoms with van der Waals surface area (Å²) in [4.78, 5) is 2.20. The molecule has 8 heteroatoms. The van der Waals surface area contributed by atoms with Crippen molar-refractivity contribution in [3.8, 4) is 34.1 Å². The Balaban J connectivity index is 1.31. The minimum Gasteiger partial charge on any atom is -0.507 e. The van der Waals surface area contributed by atoms with Gasteiger partial charge in [0.2, 0.25) is 0 Å². The van der Waals surface area contributed by atoms with Gasteiger partial charge in [-0.2, -0.15) is 0 Å². The van der Waals surface area contributed by atoms with Gasteiger partial charge in [-0.05, 0) is 24.3 Å². The van der Waals surface area contributed by atoms with Crippen molar-refractivity contribution in [3.05, 3.63) is 96.3 Å². The Bertz CT molecular complexity index is 1280. The Morgan fingerprint density at radius 1 is 0.588 bits per heavy atom. The molecule has 5 aromatic rings. The number of phenolic OH excluding ortho intramolecular Hbond substituents is 2. The van der Waals surface area contributed by atoms with Crippen LogP contribution in [0.3, 0.4) is 0 Å². The summed E-state index contributed by atoms with van der Waals surface area (Å²) in [5, 5.41) is 28.9. The molecular weight excluding hydrogens is 468 g/mol. The van der Waals surface area contributed by atoms with E-state index in [1.165, 1.54) is 0 Å². The Labute approximate surface area is 204 Å². The predicted molar refractivity (Wildman–Crippen MR) is 133 cm³/mol. The third kappa shape index (κ3) is 4.69. The van der Waals surface area contributed by atoms with Crippen LogP contribution in [0.4, 0.5) is 0 Å². The lowest BCUT2D eigenvalue weighted by molar-refractivity contribution is 0.425. The van der Waals surface area contributed by atoms with Gasteiger partial charge in [0, 0.05) is 44.6 Å². The molecule has 0 saturated carbocycles. The van der Waals surface area contributed by atoms with Crippen molar-refractivity contribution < 1.29 is 19.3 Å². The fraction of sp³-hybridized carbons (Fsp3) is 0.0769. The van der Waals surface area contributed by atoms with Crippen LogP contribution in [0, 0.1) is 0 Å². The summed E-state index contributed by atoms with van der Waals surface area (Å²) in [7, 11) is 0. The first-order valence-electron chi connectivity index (χ1n) is 10.5. The molecule has 170 valence electrons. The number of benzene rings is 3. The highest BCUT2D eigenvalue weighted by Gasteiger charge is 2.15. The van der Waals surface area contributed by atoms with E-state index in [1.807, 2.05) is 48.5 Å². The average Bonchev–Trinajstić information content (AvgIpc) is 3.58. The van der Waals surface area contributed by atoms with E-state index < -0.39 is 0 Å². The topological polar surface area (TPSA) is 92.5 Å². The molecule has 0 bridgehead atoms. The van der Waals surface area contributed by atoms with Crippen LogP contribution in [0.15, 0.2) is 104 Å². The van der Waals surface area contributed by atoms with Gasteiger partial charge in [-0.3, -0.25) is 0 Å². The molecule has 0 unspecified atom stereocenters. The van der Waals surface area contributed by atoms with Crippen LogP contribution >= 0.6 is 23.5 Å². The van der Waals surface area contributed by atoms with Crippen molar-refractivity contribution >= 4 is 23.5 Å². The summed E-state index contributed by atoms with van der Waals surface area (Å²) in [6, 6.07) is 22.8. The van der Waals surface area contributed by atoms with E-state index in [2.05, 4.69) is 22.4 Å². The Morgan fingerprint density at radius 3 is 1.47 bits per heavy atom. The first-order chi connectivity index (χ1) is 16.7. The van der Waals surface area contributed by atoms with Gasteiger partial charge >= 0.3 is 0 Å². The molecule has 2 aromatic heterocycles. The second-order valence-electron chi connectivity index (χ2n) is 7.40. The highest BCUT2D eigenvalue weighted by atomic mass is 32.2. The average molecular weight is 489 g/mol. The number of para-hydroxylation sites is 2. The van der Waals surface area contributed by atoms with Gasteiger partial charge in [-0.1, -0.05) is 46.7 Å². The molecule has 0 aliphatic carbocycles. The van der Waals surface area contributed by atoms with Crippen LogP contribution in [0.25, 0.3) is 22.6 Å². The molecule has 0 spiro atoms. The van der Waals surface area contributed by atoms with E-state index in [9.17, 15) is 10.2 Å². The highest BCUT2D eigenvalue weighted by molar-refractivity contribution is 8.01. The fourth-order valence-electron chi connectivity index (χ4n) is 3.52. The monoisotopic (exact) mass is 488 g/mol. The molecule has 0 aliphatic rings. The lowest BCUT2D eigenvalue weighted by Gasteiger charge is -2.12. The van der Waals surface area contributed by atoms with Crippen LogP contribution in [0.5, 0.6) is 11.5 Å². The number of rotatable bonds is 8. The van der Waals surface area contributed by atoms with E-state index >= 15 is 0 Å². The Morgan fingerprint density at radius 2 is 1.06 bits per heavy atom. The minimum absolute atomic E-state index is 0.200. The summed E-state index contributed by atoms with van der Waals surface area (Å²) in [5.74, 6) is 2.66. The smallest absolute Gasteiger partial charge is 0.170 e. The molecule has 0 aliphatic heterocycles. The number of aromatic hydroxyl groups is 2. The summed E-state index contributed by atoms with van der Waals surface area (Å²) in [5.41, 5.74) is 2.88. The molecule has 2 N–H and O–H groups in total. The van der Waals surface area contributed by atoms with Gasteiger partial charge in [0.1, 0.15) is 11.5 Å². The van der Waals surface area contributed by atoms with E-state index in [1.54, 1.807) is 48.1 Å². The van der Waals surface area contributed by atoms with Crippen LogP contribution < -0.4 is 0 Å². The maximum atomic E-state index is 10.7. The van der Waals surface area contributed by atoms with Crippen molar-refractivity contribution in [3.63, 3.8) is 0 Å². The van der Waals surface area contributed by atoms with Crippen LogP contribution in [0.2, 0.25) is 0 Å². The third-order valence-corrected chi connectivity index (χ3v) is 7.64. The molecule has 2 heterocycles. The predicted octanol–water partition coefficient (Wildman–Crippen LogP) is 6.99. The van der Waals surface area contributed by atoms with Gasteiger partial charge < -0.3 is 19.3 Å². The number of hydrogen-bond acceptors (Lipinski definition) is 8. The number of aromatic nitrogens is 2. The normalized spacial score (nSPS) is 11.1. The van der Waals surface area contributed by atoms with Gasteiger partial charge in [0.05, 0.1) is 23.5 Å². The molecule has 34 heavy (non-hydrogen) atoms. The van der Waals surface area contributed by atoms with Crippen molar-refractivity contribution in [2.75, 3.05) is 0 Å². The largest absolute Gasteiger partial charge is 0.507 e. The number of nitrogens with zero attached hydrogens (tertiary/aromatic N) is 2. The molecule has 6 nitrogen and oxygen atoms in total. The molecule has 0 radical (unpaired) electrons. The maximum absolute atomic E-state index is 10.7. The number of hydrogen-bond donors (Lipinski definition) is 2. The van der Waals surface area contributed by atoms with Gasteiger partial charge in [-0.15, -0.1) is 23.5 Å². The standard InChI is InChI=1S/C26H20N2O4S2/c29-25-17(5-3-7-19(25)21-11-13-27-31-21)15-33-23-9-1-2-10-24(23)34-16-18-6-4-8-20(26(18)30)22-12-14-28-32-22/h1-14,29-30H,15-16H2. The van der Waals surface area contributed by atoms with Crippen LogP contribution in [-0.4, -0.2) is 20.5 Å². The van der Waals surface area contributed by atoms with E-state index in [4.69, 9.17) is 9.05 Å². The molecular formula is C26H20N2O4S2. The van der Waals surface area contributed by atoms with Crippen molar-refractivity contribution in [1.29, 1.82) is 0 Å². The molecule has 0 fully saturated rings. The van der Waals surface area contributed by atoms with Gasteiger partial charge in [0.15, 0.2) is 11.5 Å². The lowest BCUT2D eigenvalue weighted by Crippen LogP contribution is -1.88.